The molecule has 0 spiro atoms. The van der Waals surface area contributed by atoms with E-state index in [2.05, 4.69) is 26.0 Å². The maximum Gasteiger partial charge on any atom is 0.344 e. The molecule has 0 radical (unpaired) electrons. The van der Waals surface area contributed by atoms with Gasteiger partial charge in [0.15, 0.2) is 21.8 Å². The zero-order chi connectivity index (χ0) is 28.2. The van der Waals surface area contributed by atoms with Crippen LogP contribution < -0.4 is 15.1 Å². The van der Waals surface area contributed by atoms with E-state index in [1.54, 1.807) is 22.7 Å². The van der Waals surface area contributed by atoms with Crippen LogP contribution in [0, 0.1) is 0 Å². The molecule has 42 heavy (non-hydrogen) atoms. The van der Waals surface area contributed by atoms with Crippen LogP contribution in [0.25, 0.3) is 28.2 Å². The van der Waals surface area contributed by atoms with Gasteiger partial charge in [-0.25, -0.2) is 19.3 Å². The zero-order valence-corrected chi connectivity index (χ0v) is 23.3. The third kappa shape index (κ3) is 4.07. The minimum Gasteiger partial charge on any atom is -0.489 e. The summed E-state index contributed by atoms with van der Waals surface area (Å²) in [6.45, 7) is 0.399. The fourth-order valence-corrected chi connectivity index (χ4v) is 5.63. The van der Waals surface area contributed by atoms with Gasteiger partial charge in [0.2, 0.25) is 11.7 Å². The summed E-state index contributed by atoms with van der Waals surface area (Å²) < 4.78 is 26.1. The van der Waals surface area contributed by atoms with Crippen molar-refractivity contribution in [2.45, 2.75) is 12.5 Å². The summed E-state index contributed by atoms with van der Waals surface area (Å²) in [5.74, 6) is 1.59. The van der Waals surface area contributed by atoms with E-state index in [1.165, 1.54) is 6.33 Å². The average molecular weight is 619 g/mol. The fourth-order valence-electron chi connectivity index (χ4n) is 5.33. The Balaban J connectivity index is 1.33. The normalized spacial score (nSPS) is 14.0. The van der Waals surface area contributed by atoms with Crippen LogP contribution in [0.2, 0.25) is 0 Å². The number of para-hydroxylation sites is 1. The molecule has 4 aromatic heterocycles. The van der Waals surface area contributed by atoms with Crippen LogP contribution in [0.3, 0.4) is 0 Å². The molecule has 1 atom stereocenters. The smallest absolute Gasteiger partial charge is 0.344 e. The Hall–Kier alpha value is -5.22. The lowest BCUT2D eigenvalue weighted by molar-refractivity contribution is 0.306. The van der Waals surface area contributed by atoms with Crippen LogP contribution in [-0.2, 0) is 6.61 Å². The summed E-state index contributed by atoms with van der Waals surface area (Å²) in [5, 5.41) is 5.26. The Morgan fingerprint density at radius 3 is 2.62 bits per heavy atom. The van der Waals surface area contributed by atoms with E-state index in [9.17, 15) is 4.79 Å². The van der Waals surface area contributed by atoms with Gasteiger partial charge in [-0.2, -0.15) is 0 Å². The zero-order valence-electron chi connectivity index (χ0n) is 21.7. The minimum atomic E-state index is -0.638. The lowest BCUT2D eigenvalue weighted by Crippen LogP contribution is -2.22. The number of nitrogens with zero attached hydrogens (tertiary/aromatic N) is 4. The summed E-state index contributed by atoms with van der Waals surface area (Å²) in [4.78, 5) is 23.1. The summed E-state index contributed by atoms with van der Waals surface area (Å²) in [5.41, 5.74) is 3.15. The highest BCUT2D eigenvalue weighted by Crippen LogP contribution is 2.49. The molecule has 0 amide bonds. The third-order valence-electron chi connectivity index (χ3n) is 7.20. The highest BCUT2D eigenvalue weighted by molar-refractivity contribution is 9.10. The molecule has 204 valence electrons. The predicted molar refractivity (Wildman–Crippen MR) is 157 cm³/mol. The van der Waals surface area contributed by atoms with E-state index in [-0.39, 0.29) is 0 Å². The fraction of sp³-hybridized carbons (Fsp3) is 0.0625. The lowest BCUT2D eigenvalue weighted by atomic mass is 9.84. The molecule has 9 nitrogen and oxygen atoms in total. The van der Waals surface area contributed by atoms with E-state index < -0.39 is 11.5 Å². The number of rotatable bonds is 5. The third-order valence-corrected chi connectivity index (χ3v) is 7.62. The van der Waals surface area contributed by atoms with Gasteiger partial charge in [0.25, 0.3) is 0 Å². The number of aromatic nitrogens is 4. The van der Waals surface area contributed by atoms with Gasteiger partial charge in [0, 0.05) is 0 Å². The monoisotopic (exact) mass is 618 g/mol. The predicted octanol–water partition coefficient (Wildman–Crippen LogP) is 7.12. The van der Waals surface area contributed by atoms with Crippen molar-refractivity contribution in [1.82, 2.24) is 19.6 Å². The molecule has 0 saturated carbocycles. The summed E-state index contributed by atoms with van der Waals surface area (Å²) in [6, 6.07) is 28.4. The van der Waals surface area contributed by atoms with Crippen molar-refractivity contribution >= 4 is 32.5 Å². The minimum absolute atomic E-state index is 0.325. The summed E-state index contributed by atoms with van der Waals surface area (Å²) >= 11 is 3.34. The second kappa shape index (κ2) is 9.71. The topological polar surface area (TPSA) is 105 Å². The van der Waals surface area contributed by atoms with Crippen molar-refractivity contribution in [3.8, 4) is 29.0 Å². The molecule has 0 N–H and O–H groups in total. The van der Waals surface area contributed by atoms with Crippen LogP contribution in [0.15, 0.2) is 116 Å². The van der Waals surface area contributed by atoms with Crippen LogP contribution in [0.4, 0.5) is 0 Å². The highest BCUT2D eigenvalue weighted by atomic mass is 79.9. The molecule has 0 fully saturated rings. The summed E-state index contributed by atoms with van der Waals surface area (Å²) in [7, 11) is 0. The van der Waals surface area contributed by atoms with Crippen molar-refractivity contribution in [1.29, 1.82) is 0 Å². The standard InChI is InChI=1S/C32H19BrN4O5/c33-24-14-13-23(40-24)29-35-30-27-25(19-9-6-10-20(15-19)39-16-18-7-2-1-3-8-18)26-28(42-31(27)34-17-37(30)36-29)21-11-4-5-12-22(21)41-32(26)38/h1-15,17,25H,16H2. The molecule has 10 heteroatoms. The van der Waals surface area contributed by atoms with Crippen molar-refractivity contribution in [3.05, 3.63) is 135 Å². The SMILES string of the molecule is O=c1oc2ccccc2c2c1C(c1cccc(OCc3ccccc3)c1)c1c(ncn3nc(-c4ccc(Br)o4)nc13)O2. The number of ether oxygens (including phenoxy) is 2. The molecule has 1 unspecified atom stereocenters. The van der Waals surface area contributed by atoms with Gasteiger partial charge in [-0.05, 0) is 63.5 Å². The van der Waals surface area contributed by atoms with E-state index in [1.807, 2.05) is 72.8 Å². The Bertz CT molecular complexity index is 2190. The van der Waals surface area contributed by atoms with Gasteiger partial charge in [-0.3, -0.25) is 0 Å². The number of hydrogen-bond donors (Lipinski definition) is 0. The average Bonchev–Trinajstić information content (AvgIpc) is 3.66. The van der Waals surface area contributed by atoms with Crippen molar-refractivity contribution in [3.63, 3.8) is 0 Å². The van der Waals surface area contributed by atoms with E-state index in [0.717, 1.165) is 11.1 Å². The number of halogens is 1. The Labute approximate surface area is 246 Å². The largest absolute Gasteiger partial charge is 0.489 e. The molecular weight excluding hydrogens is 600 g/mol. The molecule has 7 aromatic rings. The Kier molecular flexibility index (Phi) is 5.68. The molecule has 0 saturated heterocycles. The highest BCUT2D eigenvalue weighted by Gasteiger charge is 2.38. The van der Waals surface area contributed by atoms with Gasteiger partial charge in [-0.15, -0.1) is 5.10 Å². The first-order chi connectivity index (χ1) is 20.6. The van der Waals surface area contributed by atoms with E-state index >= 15 is 0 Å². The molecule has 3 aromatic carbocycles. The quantitative estimate of drug-likeness (QED) is 0.188. The number of benzene rings is 3. The van der Waals surface area contributed by atoms with Crippen molar-refractivity contribution in [2.24, 2.45) is 0 Å². The van der Waals surface area contributed by atoms with Crippen LogP contribution in [-0.4, -0.2) is 19.6 Å². The van der Waals surface area contributed by atoms with Crippen molar-refractivity contribution < 1.29 is 18.3 Å². The number of fused-ring (bicyclic) bond motifs is 6. The van der Waals surface area contributed by atoms with Gasteiger partial charge in [0.05, 0.1) is 22.4 Å². The van der Waals surface area contributed by atoms with Crippen molar-refractivity contribution in [2.75, 3.05) is 0 Å². The first-order valence-electron chi connectivity index (χ1n) is 13.1. The molecule has 8 rings (SSSR count). The molecular formula is C32H19BrN4O5. The van der Waals surface area contributed by atoms with Gasteiger partial charge in [-0.1, -0.05) is 54.6 Å². The molecule has 1 aliphatic rings. The van der Waals surface area contributed by atoms with Gasteiger partial charge < -0.3 is 18.3 Å². The van der Waals surface area contributed by atoms with Crippen LogP contribution >= 0.6 is 15.9 Å². The Morgan fingerprint density at radius 1 is 0.905 bits per heavy atom. The first kappa shape index (κ1) is 24.6. The van der Waals surface area contributed by atoms with Gasteiger partial charge in [0.1, 0.15) is 24.3 Å². The van der Waals surface area contributed by atoms with Crippen LogP contribution in [0.1, 0.15) is 28.2 Å². The second-order valence-electron chi connectivity index (χ2n) is 9.78. The number of hydrogen-bond acceptors (Lipinski definition) is 8. The van der Waals surface area contributed by atoms with Crippen LogP contribution in [0.5, 0.6) is 17.4 Å². The van der Waals surface area contributed by atoms with E-state index in [0.29, 0.717) is 68.0 Å². The Morgan fingerprint density at radius 2 is 1.76 bits per heavy atom. The molecule has 0 aliphatic carbocycles. The second-order valence-corrected chi connectivity index (χ2v) is 10.6. The maximum atomic E-state index is 13.7. The lowest BCUT2D eigenvalue weighted by Gasteiger charge is -2.27. The summed E-state index contributed by atoms with van der Waals surface area (Å²) in [6.07, 6.45) is 1.54. The van der Waals surface area contributed by atoms with E-state index in [4.69, 9.17) is 23.3 Å². The molecule has 5 heterocycles. The molecule has 1 aliphatic heterocycles. The van der Waals surface area contributed by atoms with Gasteiger partial charge >= 0.3 is 5.63 Å². The first-order valence-corrected chi connectivity index (χ1v) is 13.9. The number of furan rings is 1. The maximum absolute atomic E-state index is 13.7. The molecule has 0 bridgehead atoms.